The quantitative estimate of drug-likeness (QED) is 0.757. The number of aryl methyl sites for hydroxylation is 1. The molecule has 1 aliphatic rings. The minimum Gasteiger partial charge on any atom is -0.497 e. The Hall–Kier alpha value is -2.93. The van der Waals surface area contributed by atoms with Crippen LogP contribution < -0.4 is 15.4 Å². The van der Waals surface area contributed by atoms with E-state index in [0.717, 1.165) is 24.2 Å². The van der Waals surface area contributed by atoms with Gasteiger partial charge in [0.1, 0.15) is 11.6 Å². The molecule has 2 aromatic carbocycles. The van der Waals surface area contributed by atoms with Gasteiger partial charge in [0.25, 0.3) is 0 Å². The van der Waals surface area contributed by atoms with Gasteiger partial charge in [-0.2, -0.15) is 0 Å². The van der Waals surface area contributed by atoms with Crippen molar-refractivity contribution in [3.63, 3.8) is 0 Å². The van der Waals surface area contributed by atoms with E-state index in [1.165, 1.54) is 6.07 Å². The summed E-state index contributed by atoms with van der Waals surface area (Å²) in [5.74, 6) is -1.27. The van der Waals surface area contributed by atoms with Gasteiger partial charge < -0.3 is 20.1 Å². The Morgan fingerprint density at radius 1 is 1.10 bits per heavy atom. The molecule has 0 unspecified atom stereocenters. The molecule has 0 bridgehead atoms. The van der Waals surface area contributed by atoms with Crippen molar-refractivity contribution in [2.45, 2.75) is 25.2 Å². The summed E-state index contributed by atoms with van der Waals surface area (Å²) in [5, 5.41) is 5.17. The molecule has 0 aromatic heterocycles. The fourth-order valence-electron chi connectivity index (χ4n) is 3.46. The second-order valence-electron chi connectivity index (χ2n) is 7.22. The van der Waals surface area contributed by atoms with Crippen molar-refractivity contribution in [2.75, 3.05) is 32.2 Å². The first-order valence-corrected chi connectivity index (χ1v) is 9.51. The number of nitrogens with one attached hydrogen (secondary N) is 2. The summed E-state index contributed by atoms with van der Waals surface area (Å²) >= 11 is 0. The molecular formula is C22H25FN2O4. The summed E-state index contributed by atoms with van der Waals surface area (Å²) < 4.78 is 24.4. The second kappa shape index (κ2) is 9.05. The molecule has 2 amide bonds. The highest BCUT2D eigenvalue weighted by molar-refractivity contribution is 6.39. The summed E-state index contributed by atoms with van der Waals surface area (Å²) in [4.78, 5) is 24.6. The summed E-state index contributed by atoms with van der Waals surface area (Å²) in [7, 11) is 1.61. The van der Waals surface area contributed by atoms with Crippen molar-refractivity contribution >= 4 is 17.5 Å². The molecule has 7 heteroatoms. The van der Waals surface area contributed by atoms with Crippen molar-refractivity contribution in [3.8, 4) is 5.75 Å². The van der Waals surface area contributed by atoms with Crippen LogP contribution in [0.4, 0.5) is 10.1 Å². The number of hydrogen-bond donors (Lipinski definition) is 2. The Bertz CT molecular complexity index is 877. The summed E-state index contributed by atoms with van der Waals surface area (Å²) in [6.45, 7) is 3.09. The Morgan fingerprint density at radius 2 is 1.79 bits per heavy atom. The molecule has 0 aliphatic carbocycles. The standard InChI is InChI=1S/C22H25FN2O4/c1-15-3-6-17(13-19(15)23)25-21(27)20(26)24-14-22(9-11-29-12-10-22)16-4-7-18(28-2)8-5-16/h3-8,13H,9-12,14H2,1-2H3,(H,24,26)(H,25,27). The average molecular weight is 400 g/mol. The van der Waals surface area contributed by atoms with E-state index in [1.807, 2.05) is 24.3 Å². The van der Waals surface area contributed by atoms with E-state index in [4.69, 9.17) is 9.47 Å². The Labute approximate surface area is 169 Å². The predicted molar refractivity (Wildman–Crippen MR) is 108 cm³/mol. The third kappa shape index (κ3) is 4.92. The van der Waals surface area contributed by atoms with Crippen LogP contribution in [0.25, 0.3) is 0 Å². The molecule has 29 heavy (non-hydrogen) atoms. The van der Waals surface area contributed by atoms with Crippen molar-refractivity contribution in [1.29, 1.82) is 0 Å². The van der Waals surface area contributed by atoms with Crippen molar-refractivity contribution in [2.24, 2.45) is 0 Å². The minimum atomic E-state index is -0.829. The number of anilines is 1. The molecule has 0 radical (unpaired) electrons. The highest BCUT2D eigenvalue weighted by Crippen LogP contribution is 2.35. The lowest BCUT2D eigenvalue weighted by Gasteiger charge is -2.38. The number of ether oxygens (including phenoxy) is 2. The monoisotopic (exact) mass is 400 g/mol. The Kier molecular flexibility index (Phi) is 6.49. The maximum absolute atomic E-state index is 13.6. The maximum atomic E-state index is 13.6. The van der Waals surface area contributed by atoms with Gasteiger partial charge in [-0.3, -0.25) is 9.59 Å². The predicted octanol–water partition coefficient (Wildman–Crippen LogP) is 2.95. The molecule has 1 aliphatic heterocycles. The summed E-state index contributed by atoms with van der Waals surface area (Å²) in [5.41, 5.74) is 1.44. The fourth-order valence-corrected chi connectivity index (χ4v) is 3.46. The van der Waals surface area contributed by atoms with Gasteiger partial charge in [0.15, 0.2) is 0 Å². The first-order chi connectivity index (χ1) is 13.9. The first-order valence-electron chi connectivity index (χ1n) is 9.51. The van der Waals surface area contributed by atoms with Gasteiger partial charge in [0.2, 0.25) is 0 Å². The van der Waals surface area contributed by atoms with Crippen LogP contribution in [-0.4, -0.2) is 38.7 Å². The Balaban J connectivity index is 1.67. The number of amides is 2. The molecule has 1 fully saturated rings. The van der Waals surface area contributed by atoms with Crippen LogP contribution in [0, 0.1) is 12.7 Å². The van der Waals surface area contributed by atoms with E-state index in [1.54, 1.807) is 26.2 Å². The topological polar surface area (TPSA) is 76.7 Å². The van der Waals surface area contributed by atoms with Crippen LogP contribution in [-0.2, 0) is 19.7 Å². The molecular weight excluding hydrogens is 375 g/mol. The molecule has 0 spiro atoms. The van der Waals surface area contributed by atoms with E-state index in [0.29, 0.717) is 25.3 Å². The fraction of sp³-hybridized carbons (Fsp3) is 0.364. The smallest absolute Gasteiger partial charge is 0.313 e. The van der Waals surface area contributed by atoms with Gasteiger partial charge in [0.05, 0.1) is 7.11 Å². The lowest BCUT2D eigenvalue weighted by molar-refractivity contribution is -0.136. The number of halogens is 1. The molecule has 2 N–H and O–H groups in total. The molecule has 1 heterocycles. The third-order valence-corrected chi connectivity index (χ3v) is 5.38. The number of benzene rings is 2. The van der Waals surface area contributed by atoms with Crippen LogP contribution in [0.1, 0.15) is 24.0 Å². The van der Waals surface area contributed by atoms with Crippen molar-refractivity contribution < 1.29 is 23.5 Å². The number of carbonyl (C=O) groups excluding carboxylic acids is 2. The zero-order valence-corrected chi connectivity index (χ0v) is 16.6. The summed E-state index contributed by atoms with van der Waals surface area (Å²) in [6, 6.07) is 12.0. The molecule has 3 rings (SSSR count). The van der Waals surface area contributed by atoms with Gasteiger partial charge in [-0.05, 0) is 55.2 Å². The van der Waals surface area contributed by atoms with Crippen LogP contribution in [0.3, 0.4) is 0 Å². The van der Waals surface area contributed by atoms with Crippen molar-refractivity contribution in [1.82, 2.24) is 5.32 Å². The molecule has 2 aromatic rings. The zero-order chi connectivity index (χ0) is 20.9. The normalized spacial score (nSPS) is 15.4. The Morgan fingerprint density at radius 3 is 2.41 bits per heavy atom. The van der Waals surface area contributed by atoms with E-state index < -0.39 is 17.6 Å². The number of rotatable bonds is 5. The minimum absolute atomic E-state index is 0.240. The highest BCUT2D eigenvalue weighted by Gasteiger charge is 2.35. The van der Waals surface area contributed by atoms with Crippen LogP contribution in [0.5, 0.6) is 5.75 Å². The van der Waals surface area contributed by atoms with Crippen LogP contribution >= 0.6 is 0 Å². The van der Waals surface area contributed by atoms with Gasteiger partial charge in [0, 0.05) is 30.9 Å². The van der Waals surface area contributed by atoms with E-state index in [9.17, 15) is 14.0 Å². The zero-order valence-electron chi connectivity index (χ0n) is 16.6. The summed E-state index contributed by atoms with van der Waals surface area (Å²) in [6.07, 6.45) is 1.45. The molecule has 0 saturated carbocycles. The lowest BCUT2D eigenvalue weighted by Crippen LogP contribution is -2.47. The number of methoxy groups -OCH3 is 1. The molecule has 0 atom stereocenters. The van der Waals surface area contributed by atoms with Gasteiger partial charge in [-0.15, -0.1) is 0 Å². The SMILES string of the molecule is COc1ccc(C2(CNC(=O)C(=O)Nc3ccc(C)c(F)c3)CCOCC2)cc1. The maximum Gasteiger partial charge on any atom is 0.313 e. The largest absolute Gasteiger partial charge is 0.497 e. The highest BCUT2D eigenvalue weighted by atomic mass is 19.1. The second-order valence-corrected chi connectivity index (χ2v) is 7.22. The molecule has 154 valence electrons. The third-order valence-electron chi connectivity index (χ3n) is 5.38. The van der Waals surface area contributed by atoms with Crippen LogP contribution in [0.15, 0.2) is 42.5 Å². The van der Waals surface area contributed by atoms with Gasteiger partial charge >= 0.3 is 11.8 Å². The van der Waals surface area contributed by atoms with Crippen LogP contribution in [0.2, 0.25) is 0 Å². The van der Waals surface area contributed by atoms with E-state index in [-0.39, 0.29) is 11.1 Å². The van der Waals surface area contributed by atoms with E-state index >= 15 is 0 Å². The number of hydrogen-bond acceptors (Lipinski definition) is 4. The molecule has 1 saturated heterocycles. The van der Waals surface area contributed by atoms with Gasteiger partial charge in [-0.25, -0.2) is 4.39 Å². The first kappa shape index (κ1) is 20.8. The van der Waals surface area contributed by atoms with E-state index in [2.05, 4.69) is 10.6 Å². The lowest BCUT2D eigenvalue weighted by atomic mass is 9.74. The van der Waals surface area contributed by atoms with Gasteiger partial charge in [-0.1, -0.05) is 18.2 Å². The number of carbonyl (C=O) groups is 2. The molecule has 6 nitrogen and oxygen atoms in total. The average Bonchev–Trinajstić information content (AvgIpc) is 2.75. The van der Waals surface area contributed by atoms with Crippen molar-refractivity contribution in [3.05, 3.63) is 59.4 Å².